The van der Waals surface area contributed by atoms with Gasteiger partial charge in [-0.05, 0) is 36.5 Å². The summed E-state index contributed by atoms with van der Waals surface area (Å²) in [6.07, 6.45) is 3.45. The van der Waals surface area contributed by atoms with E-state index in [1.165, 1.54) is 6.26 Å². The first-order valence-electron chi connectivity index (χ1n) is 5.71. The molecule has 1 aromatic carbocycles. The van der Waals surface area contributed by atoms with Gasteiger partial charge in [0.15, 0.2) is 9.84 Å². The fourth-order valence-electron chi connectivity index (χ4n) is 1.97. The predicted octanol–water partition coefficient (Wildman–Crippen LogP) is 2.40. The third-order valence-corrected chi connectivity index (χ3v) is 5.07. The molecule has 0 spiro atoms. The van der Waals surface area contributed by atoms with Gasteiger partial charge in [-0.2, -0.15) is 11.8 Å². The summed E-state index contributed by atoms with van der Waals surface area (Å²) in [7, 11) is -3.15. The minimum absolute atomic E-state index is 0.401. The van der Waals surface area contributed by atoms with Crippen LogP contribution in [0.3, 0.4) is 0 Å². The molecule has 5 heteroatoms. The average Bonchev–Trinajstić information content (AvgIpc) is 2.30. The van der Waals surface area contributed by atoms with Crippen LogP contribution in [0.15, 0.2) is 29.2 Å². The third kappa shape index (κ3) is 3.39. The fraction of sp³-hybridized carbons (Fsp3) is 0.500. The molecule has 1 aromatic rings. The number of nitrogens with one attached hydrogen (secondary N) is 1. The lowest BCUT2D eigenvalue weighted by molar-refractivity contribution is 0.601. The summed E-state index contributed by atoms with van der Waals surface area (Å²) in [4.78, 5) is 0.401. The van der Waals surface area contributed by atoms with Gasteiger partial charge in [-0.3, -0.25) is 0 Å². The first-order valence-corrected chi connectivity index (χ1v) is 8.75. The molecule has 3 nitrogen and oxygen atoms in total. The van der Waals surface area contributed by atoms with Crippen molar-refractivity contribution in [2.75, 3.05) is 23.1 Å². The lowest BCUT2D eigenvalue weighted by atomic mass is 10.1. The first-order chi connectivity index (χ1) is 8.07. The van der Waals surface area contributed by atoms with Gasteiger partial charge >= 0.3 is 0 Å². The Morgan fingerprint density at radius 1 is 1.24 bits per heavy atom. The minimum Gasteiger partial charge on any atom is -0.381 e. The summed E-state index contributed by atoms with van der Waals surface area (Å²) >= 11 is 1.96. The Labute approximate surface area is 107 Å². The maximum absolute atomic E-state index is 11.7. The smallest absolute Gasteiger partial charge is 0.177 e. The highest BCUT2D eigenvalue weighted by molar-refractivity contribution is 7.99. The Hall–Kier alpha value is -0.680. The van der Waals surface area contributed by atoms with Crippen LogP contribution in [0.2, 0.25) is 0 Å². The van der Waals surface area contributed by atoms with Crippen LogP contribution in [0, 0.1) is 0 Å². The molecule has 1 fully saturated rings. The van der Waals surface area contributed by atoms with Crippen molar-refractivity contribution in [3.63, 3.8) is 0 Å². The van der Waals surface area contributed by atoms with Gasteiger partial charge in [0, 0.05) is 12.3 Å². The summed E-state index contributed by atoms with van der Waals surface area (Å²) in [5.41, 5.74) is 0.743. The molecule has 0 bridgehead atoms. The molecular formula is C12H17NO2S2. The third-order valence-electron chi connectivity index (χ3n) is 2.87. The quantitative estimate of drug-likeness (QED) is 0.917. The van der Waals surface area contributed by atoms with Crippen LogP contribution < -0.4 is 5.32 Å². The van der Waals surface area contributed by atoms with Crippen LogP contribution in [0.1, 0.15) is 12.8 Å². The van der Waals surface area contributed by atoms with Crippen molar-refractivity contribution in [2.45, 2.75) is 23.8 Å². The van der Waals surface area contributed by atoms with E-state index in [1.54, 1.807) is 12.1 Å². The summed E-state index contributed by atoms with van der Waals surface area (Å²) in [6, 6.07) is 7.54. The molecular weight excluding hydrogens is 254 g/mol. The van der Waals surface area contributed by atoms with Gasteiger partial charge in [0.2, 0.25) is 0 Å². The maximum Gasteiger partial charge on any atom is 0.177 e. The zero-order chi connectivity index (χ0) is 12.3. The number of benzene rings is 1. The van der Waals surface area contributed by atoms with Gasteiger partial charge in [-0.1, -0.05) is 12.1 Å². The first kappa shape index (κ1) is 12.8. The van der Waals surface area contributed by atoms with Gasteiger partial charge in [-0.15, -0.1) is 0 Å². The summed E-state index contributed by atoms with van der Waals surface area (Å²) < 4.78 is 23.3. The van der Waals surface area contributed by atoms with E-state index in [4.69, 9.17) is 0 Å². The molecule has 0 unspecified atom stereocenters. The van der Waals surface area contributed by atoms with Crippen LogP contribution in [-0.2, 0) is 9.84 Å². The van der Waals surface area contributed by atoms with Crippen molar-refractivity contribution in [1.82, 2.24) is 0 Å². The molecule has 2 rings (SSSR count). The number of sulfone groups is 1. The second kappa shape index (κ2) is 5.31. The molecule has 1 heterocycles. The Morgan fingerprint density at radius 2 is 1.88 bits per heavy atom. The lowest BCUT2D eigenvalue weighted by Crippen LogP contribution is -2.25. The standard InChI is InChI=1S/C12H17NO2S2/c1-17(14,15)12-5-3-2-4-11(12)13-10-6-8-16-9-7-10/h2-5,10,13H,6-9H2,1H3. The van der Waals surface area contributed by atoms with E-state index in [1.807, 2.05) is 23.9 Å². The zero-order valence-corrected chi connectivity index (χ0v) is 11.5. The Kier molecular flexibility index (Phi) is 3.99. The molecule has 0 aliphatic carbocycles. The number of anilines is 1. The topological polar surface area (TPSA) is 46.2 Å². The Bertz CT molecular complexity index is 479. The fourth-order valence-corrected chi connectivity index (χ4v) is 3.93. The molecule has 0 amide bonds. The summed E-state index contributed by atoms with van der Waals surface area (Å²) in [5, 5.41) is 3.36. The Morgan fingerprint density at radius 3 is 2.53 bits per heavy atom. The van der Waals surface area contributed by atoms with Crippen LogP contribution in [0.5, 0.6) is 0 Å². The number of hydrogen-bond acceptors (Lipinski definition) is 4. The SMILES string of the molecule is CS(=O)(=O)c1ccccc1NC1CCSCC1. The lowest BCUT2D eigenvalue weighted by Gasteiger charge is -2.24. The highest BCUT2D eigenvalue weighted by Crippen LogP contribution is 2.25. The van der Waals surface area contributed by atoms with Crippen LogP contribution >= 0.6 is 11.8 Å². The predicted molar refractivity (Wildman–Crippen MR) is 73.5 cm³/mol. The van der Waals surface area contributed by atoms with Gasteiger partial charge < -0.3 is 5.32 Å². The van der Waals surface area contributed by atoms with E-state index in [-0.39, 0.29) is 0 Å². The van der Waals surface area contributed by atoms with Gasteiger partial charge in [0.05, 0.1) is 10.6 Å². The van der Waals surface area contributed by atoms with Gasteiger partial charge in [0.25, 0.3) is 0 Å². The normalized spacial score (nSPS) is 17.9. The van der Waals surface area contributed by atoms with E-state index < -0.39 is 9.84 Å². The molecule has 1 saturated heterocycles. The number of thioether (sulfide) groups is 1. The minimum atomic E-state index is -3.15. The number of rotatable bonds is 3. The number of para-hydroxylation sites is 1. The molecule has 0 aromatic heterocycles. The molecule has 94 valence electrons. The highest BCUT2D eigenvalue weighted by atomic mass is 32.2. The van der Waals surface area contributed by atoms with Crippen molar-refractivity contribution in [1.29, 1.82) is 0 Å². The second-order valence-corrected chi connectivity index (χ2v) is 7.51. The molecule has 17 heavy (non-hydrogen) atoms. The van der Waals surface area contributed by atoms with Crippen LogP contribution in [0.25, 0.3) is 0 Å². The van der Waals surface area contributed by atoms with Gasteiger partial charge in [-0.25, -0.2) is 8.42 Å². The van der Waals surface area contributed by atoms with E-state index in [2.05, 4.69) is 5.32 Å². The zero-order valence-electron chi connectivity index (χ0n) is 9.85. The molecule has 0 radical (unpaired) electrons. The van der Waals surface area contributed by atoms with Crippen molar-refractivity contribution in [2.24, 2.45) is 0 Å². The van der Waals surface area contributed by atoms with E-state index >= 15 is 0 Å². The maximum atomic E-state index is 11.7. The van der Waals surface area contributed by atoms with Crippen molar-refractivity contribution >= 4 is 27.3 Å². The second-order valence-electron chi connectivity index (χ2n) is 4.30. The van der Waals surface area contributed by atoms with Crippen molar-refractivity contribution in [3.8, 4) is 0 Å². The van der Waals surface area contributed by atoms with Crippen molar-refractivity contribution in [3.05, 3.63) is 24.3 Å². The van der Waals surface area contributed by atoms with E-state index in [9.17, 15) is 8.42 Å². The summed E-state index contributed by atoms with van der Waals surface area (Å²) in [5.74, 6) is 2.30. The van der Waals surface area contributed by atoms with Gasteiger partial charge in [0.1, 0.15) is 0 Å². The molecule has 1 aliphatic rings. The summed E-state index contributed by atoms with van der Waals surface area (Å²) in [6.45, 7) is 0. The number of hydrogen-bond donors (Lipinski definition) is 1. The van der Waals surface area contributed by atoms with Crippen LogP contribution in [0.4, 0.5) is 5.69 Å². The molecule has 0 atom stereocenters. The average molecular weight is 271 g/mol. The largest absolute Gasteiger partial charge is 0.381 e. The Balaban J connectivity index is 2.20. The van der Waals surface area contributed by atoms with Crippen LogP contribution in [-0.4, -0.2) is 32.2 Å². The molecule has 1 aliphatic heterocycles. The van der Waals surface area contributed by atoms with E-state index in [0.29, 0.717) is 10.9 Å². The molecule has 1 N–H and O–H groups in total. The van der Waals surface area contributed by atoms with E-state index in [0.717, 1.165) is 30.0 Å². The van der Waals surface area contributed by atoms with Crippen molar-refractivity contribution < 1.29 is 8.42 Å². The molecule has 0 saturated carbocycles. The monoisotopic (exact) mass is 271 g/mol. The highest BCUT2D eigenvalue weighted by Gasteiger charge is 2.17.